The number of likely N-dealkylation sites (N-methyl/N-ethyl adjacent to an activating group) is 1. The number of nitrogens with zero attached hydrogens (tertiary/aromatic N) is 2. The monoisotopic (exact) mass is 212 g/mol. The Morgan fingerprint density at radius 1 is 1.21 bits per heavy atom. The summed E-state index contributed by atoms with van der Waals surface area (Å²) in [7, 11) is 1.93. The van der Waals surface area contributed by atoms with Gasteiger partial charge in [-0.05, 0) is 7.05 Å². The van der Waals surface area contributed by atoms with Crippen molar-refractivity contribution < 1.29 is 18.3 Å². The van der Waals surface area contributed by atoms with E-state index in [-0.39, 0.29) is 6.54 Å². The maximum absolute atomic E-state index is 12.0. The minimum absolute atomic E-state index is 0.308. The second-order valence-electron chi connectivity index (χ2n) is 3.66. The average Bonchev–Trinajstić information content (AvgIpc) is 2.07. The second kappa shape index (κ2) is 4.46. The van der Waals surface area contributed by atoms with Crippen LogP contribution in [0.1, 0.15) is 0 Å². The minimum atomic E-state index is -4.50. The molecule has 3 nitrogen and oxygen atoms in total. The van der Waals surface area contributed by atoms with Gasteiger partial charge in [0, 0.05) is 32.7 Å². The Hall–Kier alpha value is -0.330. The molecule has 0 aliphatic carbocycles. The van der Waals surface area contributed by atoms with Crippen LogP contribution in [0.2, 0.25) is 0 Å². The third kappa shape index (κ3) is 3.43. The van der Waals surface area contributed by atoms with Crippen molar-refractivity contribution in [1.82, 2.24) is 9.80 Å². The van der Waals surface area contributed by atoms with Crippen molar-refractivity contribution in [1.29, 1.82) is 0 Å². The first-order chi connectivity index (χ1) is 6.39. The SMILES string of the molecule is CN1CCN(CC(O)C(F)(F)F)CC1. The molecule has 0 bridgehead atoms. The Kier molecular flexibility index (Phi) is 3.74. The molecule has 0 aromatic rings. The van der Waals surface area contributed by atoms with Crippen molar-refractivity contribution in [2.45, 2.75) is 12.3 Å². The lowest BCUT2D eigenvalue weighted by Crippen LogP contribution is -2.49. The normalized spacial score (nSPS) is 23.8. The summed E-state index contributed by atoms with van der Waals surface area (Å²) in [5.74, 6) is 0. The molecule has 0 saturated carbocycles. The standard InChI is InChI=1S/C8H15F3N2O/c1-12-2-4-13(5-3-12)6-7(14)8(9,10)11/h7,14H,2-6H2,1H3. The van der Waals surface area contributed by atoms with Crippen LogP contribution in [0.3, 0.4) is 0 Å². The highest BCUT2D eigenvalue weighted by Gasteiger charge is 2.39. The molecule has 6 heteroatoms. The van der Waals surface area contributed by atoms with Crippen molar-refractivity contribution in [3.05, 3.63) is 0 Å². The van der Waals surface area contributed by atoms with Crippen LogP contribution in [0.25, 0.3) is 0 Å². The number of hydrogen-bond donors (Lipinski definition) is 1. The van der Waals surface area contributed by atoms with Crippen molar-refractivity contribution >= 4 is 0 Å². The molecule has 1 rings (SSSR count). The predicted octanol–water partition coefficient (Wildman–Crippen LogP) is 0.157. The van der Waals surface area contributed by atoms with Gasteiger partial charge in [0.05, 0.1) is 0 Å². The number of hydrogen-bond acceptors (Lipinski definition) is 3. The largest absolute Gasteiger partial charge is 0.415 e. The Labute approximate surface area is 81.1 Å². The molecule has 0 amide bonds. The van der Waals surface area contributed by atoms with E-state index in [1.807, 2.05) is 7.05 Å². The van der Waals surface area contributed by atoms with E-state index >= 15 is 0 Å². The van der Waals surface area contributed by atoms with Crippen molar-refractivity contribution in [3.63, 3.8) is 0 Å². The molecular weight excluding hydrogens is 197 g/mol. The van der Waals surface area contributed by atoms with Crippen molar-refractivity contribution in [2.75, 3.05) is 39.8 Å². The smallest absolute Gasteiger partial charge is 0.382 e. The molecule has 0 aromatic carbocycles. The van der Waals surface area contributed by atoms with E-state index < -0.39 is 12.3 Å². The van der Waals surface area contributed by atoms with Crippen LogP contribution in [0.5, 0.6) is 0 Å². The molecule has 0 radical (unpaired) electrons. The van der Waals surface area contributed by atoms with Crippen LogP contribution in [-0.4, -0.2) is 67.0 Å². The third-order valence-electron chi connectivity index (χ3n) is 2.40. The molecule has 1 saturated heterocycles. The topological polar surface area (TPSA) is 26.7 Å². The van der Waals surface area contributed by atoms with E-state index in [1.165, 1.54) is 0 Å². The number of aliphatic hydroxyl groups is 1. The number of halogens is 3. The molecule has 1 fully saturated rings. The molecule has 1 atom stereocenters. The van der Waals surface area contributed by atoms with E-state index in [1.54, 1.807) is 4.90 Å². The van der Waals surface area contributed by atoms with E-state index in [2.05, 4.69) is 4.90 Å². The van der Waals surface area contributed by atoms with Crippen molar-refractivity contribution in [3.8, 4) is 0 Å². The first kappa shape index (κ1) is 11.7. The zero-order valence-electron chi connectivity index (χ0n) is 8.09. The Morgan fingerprint density at radius 2 is 1.71 bits per heavy atom. The summed E-state index contributed by atoms with van der Waals surface area (Å²) in [5.41, 5.74) is 0. The predicted molar refractivity (Wildman–Crippen MR) is 46.0 cm³/mol. The lowest BCUT2D eigenvalue weighted by atomic mass is 10.2. The highest BCUT2D eigenvalue weighted by atomic mass is 19.4. The van der Waals surface area contributed by atoms with Gasteiger partial charge in [0.1, 0.15) is 0 Å². The summed E-state index contributed by atoms with van der Waals surface area (Å²) in [6, 6.07) is 0. The number of alkyl halides is 3. The molecular formula is C8H15F3N2O. The van der Waals surface area contributed by atoms with Gasteiger partial charge in [-0.25, -0.2) is 0 Å². The molecule has 1 aliphatic rings. The fourth-order valence-electron chi connectivity index (χ4n) is 1.38. The van der Waals surface area contributed by atoms with E-state index in [0.717, 1.165) is 13.1 Å². The molecule has 14 heavy (non-hydrogen) atoms. The third-order valence-corrected chi connectivity index (χ3v) is 2.40. The quantitative estimate of drug-likeness (QED) is 0.706. The highest BCUT2D eigenvalue weighted by Crippen LogP contribution is 2.20. The molecule has 1 aliphatic heterocycles. The van der Waals surface area contributed by atoms with E-state index in [0.29, 0.717) is 13.1 Å². The number of piperazine rings is 1. The van der Waals surface area contributed by atoms with Crippen LogP contribution in [0, 0.1) is 0 Å². The van der Waals surface area contributed by atoms with Crippen LogP contribution in [-0.2, 0) is 0 Å². The Bertz CT molecular complexity index is 178. The number of rotatable bonds is 2. The maximum atomic E-state index is 12.0. The molecule has 84 valence electrons. The summed E-state index contributed by atoms with van der Waals surface area (Å²) in [5, 5.41) is 8.82. The summed E-state index contributed by atoms with van der Waals surface area (Å²) in [6.07, 6.45) is -6.71. The van der Waals surface area contributed by atoms with Crippen LogP contribution < -0.4 is 0 Å². The summed E-state index contributed by atoms with van der Waals surface area (Å²) in [6.45, 7) is 2.37. The Balaban J connectivity index is 2.31. The van der Waals surface area contributed by atoms with Crippen molar-refractivity contribution in [2.24, 2.45) is 0 Å². The van der Waals surface area contributed by atoms with Gasteiger partial charge in [-0.3, -0.25) is 4.90 Å². The van der Waals surface area contributed by atoms with Gasteiger partial charge < -0.3 is 10.0 Å². The fourth-order valence-corrected chi connectivity index (χ4v) is 1.38. The molecule has 1 heterocycles. The maximum Gasteiger partial charge on any atom is 0.415 e. The molecule has 1 unspecified atom stereocenters. The van der Waals surface area contributed by atoms with Gasteiger partial charge in [-0.1, -0.05) is 0 Å². The van der Waals surface area contributed by atoms with Gasteiger partial charge in [0.25, 0.3) is 0 Å². The van der Waals surface area contributed by atoms with Gasteiger partial charge in [-0.15, -0.1) is 0 Å². The lowest BCUT2D eigenvalue weighted by Gasteiger charge is -2.33. The second-order valence-corrected chi connectivity index (χ2v) is 3.66. The lowest BCUT2D eigenvalue weighted by molar-refractivity contribution is -0.208. The first-order valence-electron chi connectivity index (χ1n) is 4.55. The van der Waals surface area contributed by atoms with Gasteiger partial charge >= 0.3 is 6.18 Å². The van der Waals surface area contributed by atoms with E-state index in [4.69, 9.17) is 5.11 Å². The van der Waals surface area contributed by atoms with Crippen LogP contribution >= 0.6 is 0 Å². The van der Waals surface area contributed by atoms with Gasteiger partial charge in [-0.2, -0.15) is 13.2 Å². The van der Waals surface area contributed by atoms with Crippen LogP contribution in [0.4, 0.5) is 13.2 Å². The first-order valence-corrected chi connectivity index (χ1v) is 4.55. The number of aliphatic hydroxyl groups excluding tert-OH is 1. The minimum Gasteiger partial charge on any atom is -0.382 e. The summed E-state index contributed by atoms with van der Waals surface area (Å²) >= 11 is 0. The van der Waals surface area contributed by atoms with Gasteiger partial charge in [0.15, 0.2) is 6.10 Å². The highest BCUT2D eigenvalue weighted by molar-refractivity contribution is 4.75. The zero-order chi connectivity index (χ0) is 10.8. The summed E-state index contributed by atoms with van der Waals surface area (Å²) < 4.78 is 36.0. The molecule has 0 spiro atoms. The van der Waals surface area contributed by atoms with Crippen LogP contribution in [0.15, 0.2) is 0 Å². The molecule has 0 aromatic heterocycles. The number of β-amino-alcohol motifs (C(OH)–C–C–N with tert-alkyl or cyclic N) is 1. The fraction of sp³-hybridized carbons (Fsp3) is 1.00. The summed E-state index contributed by atoms with van der Waals surface area (Å²) in [4.78, 5) is 3.69. The zero-order valence-corrected chi connectivity index (χ0v) is 8.09. The van der Waals surface area contributed by atoms with E-state index in [9.17, 15) is 13.2 Å². The average molecular weight is 212 g/mol. The van der Waals surface area contributed by atoms with Gasteiger partial charge in [0.2, 0.25) is 0 Å². The Morgan fingerprint density at radius 3 is 2.14 bits per heavy atom. The molecule has 1 N–H and O–H groups in total.